The lowest BCUT2D eigenvalue weighted by atomic mass is 9.60. The standard InChI is InChI=1S/C33H42O4/c1-20(17-30-31(22(3)32(36)37-30)24-9-6-5-7-10-24)27-14-15-28-23(11-8-16-33(27,28)4)12-13-25-18-26(34)19-29(35)21(25)2/h5-7,9-10,12-13,20,26-31,34-35H,2-3,8,11,14-19H2,1,4H3/b23-12+,25-13-/t20-,26-,27-,28+,29+,30+,31+,33-/m1/s1. The Kier molecular flexibility index (Phi) is 7.35. The van der Waals surface area contributed by atoms with Crippen LogP contribution < -0.4 is 0 Å². The van der Waals surface area contributed by atoms with Crippen LogP contribution in [0, 0.1) is 23.2 Å². The van der Waals surface area contributed by atoms with E-state index in [2.05, 4.69) is 51.3 Å². The lowest BCUT2D eigenvalue weighted by Crippen LogP contribution is -2.37. The molecule has 4 heteroatoms. The zero-order chi connectivity index (χ0) is 26.3. The number of aliphatic hydroxyl groups is 2. The first-order chi connectivity index (χ1) is 17.7. The highest BCUT2D eigenvalue weighted by molar-refractivity contribution is 5.92. The van der Waals surface area contributed by atoms with E-state index in [0.29, 0.717) is 36.2 Å². The van der Waals surface area contributed by atoms with Gasteiger partial charge in [-0.05, 0) is 84.8 Å². The predicted octanol–water partition coefficient (Wildman–Crippen LogP) is 6.42. The van der Waals surface area contributed by atoms with Crippen LogP contribution in [0.25, 0.3) is 0 Å². The summed E-state index contributed by atoms with van der Waals surface area (Å²) in [6.07, 6.45) is 10.8. The smallest absolute Gasteiger partial charge is 0.334 e. The van der Waals surface area contributed by atoms with Gasteiger partial charge in [0.1, 0.15) is 6.10 Å². The Morgan fingerprint density at radius 1 is 1.14 bits per heavy atom. The fourth-order valence-electron chi connectivity index (χ4n) is 8.10. The highest BCUT2D eigenvalue weighted by Gasteiger charge is 2.52. The van der Waals surface area contributed by atoms with E-state index in [1.807, 2.05) is 18.2 Å². The van der Waals surface area contributed by atoms with Gasteiger partial charge in [-0.1, -0.05) is 75.1 Å². The number of carbonyl (C=O) groups is 1. The third-order valence-corrected chi connectivity index (χ3v) is 10.0. The molecule has 1 heterocycles. The topological polar surface area (TPSA) is 66.8 Å². The zero-order valence-electron chi connectivity index (χ0n) is 22.4. The Morgan fingerprint density at radius 2 is 1.89 bits per heavy atom. The zero-order valence-corrected chi connectivity index (χ0v) is 22.4. The van der Waals surface area contributed by atoms with E-state index in [-0.39, 0.29) is 23.4 Å². The van der Waals surface area contributed by atoms with Crippen molar-refractivity contribution in [3.05, 3.63) is 83.5 Å². The first-order valence-electron chi connectivity index (χ1n) is 14.1. The molecule has 1 aromatic carbocycles. The van der Waals surface area contributed by atoms with E-state index in [1.54, 1.807) is 0 Å². The number of hydrogen-bond donors (Lipinski definition) is 2. The van der Waals surface area contributed by atoms with E-state index in [4.69, 9.17) is 4.74 Å². The van der Waals surface area contributed by atoms with Gasteiger partial charge in [-0.25, -0.2) is 4.79 Å². The number of hydrogen-bond acceptors (Lipinski definition) is 4. The van der Waals surface area contributed by atoms with Crippen molar-refractivity contribution in [2.24, 2.45) is 23.2 Å². The van der Waals surface area contributed by atoms with Crippen LogP contribution in [-0.4, -0.2) is 34.5 Å². The first-order valence-corrected chi connectivity index (χ1v) is 14.1. The summed E-state index contributed by atoms with van der Waals surface area (Å²) in [4.78, 5) is 12.5. The van der Waals surface area contributed by atoms with Crippen LogP contribution in [0.5, 0.6) is 0 Å². The van der Waals surface area contributed by atoms with Crippen LogP contribution in [0.3, 0.4) is 0 Å². The minimum Gasteiger partial charge on any atom is -0.458 e. The number of carbonyl (C=O) groups excluding carboxylic acids is 1. The maximum atomic E-state index is 12.5. The quantitative estimate of drug-likeness (QED) is 0.360. The molecule has 0 aromatic heterocycles. The van der Waals surface area contributed by atoms with Crippen molar-refractivity contribution in [3.63, 3.8) is 0 Å². The number of rotatable bonds is 5. The molecular weight excluding hydrogens is 460 g/mol. The number of ether oxygens (including phenoxy) is 1. The molecule has 5 rings (SSSR count). The van der Waals surface area contributed by atoms with Crippen molar-refractivity contribution in [2.75, 3.05) is 0 Å². The van der Waals surface area contributed by atoms with Gasteiger partial charge in [0.2, 0.25) is 0 Å². The van der Waals surface area contributed by atoms with Gasteiger partial charge in [-0.2, -0.15) is 0 Å². The third kappa shape index (κ3) is 4.91. The summed E-state index contributed by atoms with van der Waals surface area (Å²) >= 11 is 0. The average molecular weight is 503 g/mol. The second-order valence-electron chi connectivity index (χ2n) is 12.2. The Labute approximate surface area is 221 Å². The number of fused-ring (bicyclic) bond motifs is 1. The van der Waals surface area contributed by atoms with Crippen LogP contribution in [-0.2, 0) is 9.53 Å². The second kappa shape index (κ2) is 10.4. The highest BCUT2D eigenvalue weighted by atomic mass is 16.6. The molecule has 4 nitrogen and oxygen atoms in total. The fourth-order valence-corrected chi connectivity index (χ4v) is 8.10. The SMILES string of the molecule is C=C1/C(=C\C=C2/CCC[C@]3(C)[C@@H]([C@H](C)C[C@@H]4OC(=O)C(=C)[C@H]4c4ccccc4)CC[C@@H]23)C[C@@H](O)C[C@@H]1O. The molecule has 1 saturated heterocycles. The third-order valence-electron chi connectivity index (χ3n) is 10.0. The van der Waals surface area contributed by atoms with Crippen LogP contribution in [0.1, 0.15) is 76.7 Å². The van der Waals surface area contributed by atoms with E-state index in [1.165, 1.54) is 31.3 Å². The summed E-state index contributed by atoms with van der Waals surface area (Å²) in [6, 6.07) is 10.2. The molecule has 37 heavy (non-hydrogen) atoms. The Balaban J connectivity index is 1.33. The maximum absolute atomic E-state index is 12.5. The molecule has 2 N–H and O–H groups in total. The molecule has 0 unspecified atom stereocenters. The minimum absolute atomic E-state index is 0.0658. The van der Waals surface area contributed by atoms with Gasteiger partial charge in [-0.3, -0.25) is 0 Å². The van der Waals surface area contributed by atoms with Crippen molar-refractivity contribution < 1.29 is 19.7 Å². The van der Waals surface area contributed by atoms with Crippen molar-refractivity contribution in [1.82, 2.24) is 0 Å². The van der Waals surface area contributed by atoms with Crippen molar-refractivity contribution >= 4 is 5.97 Å². The number of esters is 1. The normalized spacial score (nSPS) is 39.2. The molecule has 0 bridgehead atoms. The van der Waals surface area contributed by atoms with E-state index in [9.17, 15) is 15.0 Å². The molecule has 0 amide bonds. The van der Waals surface area contributed by atoms with Gasteiger partial charge in [-0.15, -0.1) is 0 Å². The summed E-state index contributed by atoms with van der Waals surface area (Å²) in [5, 5.41) is 20.4. The number of allylic oxidation sites excluding steroid dienone is 3. The molecule has 8 atom stereocenters. The van der Waals surface area contributed by atoms with Gasteiger partial charge in [0, 0.05) is 12.0 Å². The van der Waals surface area contributed by atoms with E-state index in [0.717, 1.165) is 29.6 Å². The Morgan fingerprint density at radius 3 is 2.65 bits per heavy atom. The highest BCUT2D eigenvalue weighted by Crippen LogP contribution is 2.60. The molecule has 4 aliphatic rings. The number of benzene rings is 1. The second-order valence-corrected chi connectivity index (χ2v) is 12.2. The van der Waals surface area contributed by atoms with Gasteiger partial charge in [0.05, 0.1) is 18.1 Å². The van der Waals surface area contributed by atoms with E-state index < -0.39 is 12.2 Å². The summed E-state index contributed by atoms with van der Waals surface area (Å²) in [7, 11) is 0. The van der Waals surface area contributed by atoms with Crippen molar-refractivity contribution in [2.45, 2.75) is 89.4 Å². The molecule has 4 fully saturated rings. The Hall–Kier alpha value is -2.43. The van der Waals surface area contributed by atoms with Crippen molar-refractivity contribution in [3.8, 4) is 0 Å². The fraction of sp³-hybridized carbons (Fsp3) is 0.545. The van der Waals surface area contributed by atoms with Crippen LogP contribution in [0.4, 0.5) is 0 Å². The van der Waals surface area contributed by atoms with Gasteiger partial charge >= 0.3 is 5.97 Å². The molecule has 1 aromatic rings. The largest absolute Gasteiger partial charge is 0.458 e. The van der Waals surface area contributed by atoms with Gasteiger partial charge in [0.25, 0.3) is 0 Å². The molecule has 0 radical (unpaired) electrons. The maximum Gasteiger partial charge on any atom is 0.334 e. The number of aliphatic hydroxyl groups excluding tert-OH is 2. The lowest BCUT2D eigenvalue weighted by molar-refractivity contribution is -0.139. The van der Waals surface area contributed by atoms with Gasteiger partial charge in [0.15, 0.2) is 0 Å². The molecule has 0 spiro atoms. The van der Waals surface area contributed by atoms with Crippen LogP contribution in [0.15, 0.2) is 77.9 Å². The molecule has 1 aliphatic heterocycles. The summed E-state index contributed by atoms with van der Waals surface area (Å²) in [6.45, 7) is 13.0. The van der Waals surface area contributed by atoms with Gasteiger partial charge < -0.3 is 14.9 Å². The average Bonchev–Trinajstić information content (AvgIpc) is 3.36. The molecule has 3 aliphatic carbocycles. The molecular formula is C33H42O4. The van der Waals surface area contributed by atoms with Crippen LogP contribution >= 0.6 is 0 Å². The summed E-state index contributed by atoms with van der Waals surface area (Å²) < 4.78 is 5.89. The Bertz CT molecular complexity index is 1110. The number of cyclic esters (lactones) is 1. The molecule has 198 valence electrons. The van der Waals surface area contributed by atoms with Crippen LogP contribution in [0.2, 0.25) is 0 Å². The first kappa shape index (κ1) is 26.2. The predicted molar refractivity (Wildman–Crippen MR) is 147 cm³/mol. The summed E-state index contributed by atoms with van der Waals surface area (Å²) in [5.41, 5.74) is 5.15. The summed E-state index contributed by atoms with van der Waals surface area (Å²) in [5.74, 6) is 1.24. The lowest BCUT2D eigenvalue weighted by Gasteiger charge is -2.44. The minimum atomic E-state index is -0.651. The van der Waals surface area contributed by atoms with E-state index >= 15 is 0 Å². The van der Waals surface area contributed by atoms with Crippen molar-refractivity contribution in [1.29, 1.82) is 0 Å². The molecule has 3 saturated carbocycles. The monoisotopic (exact) mass is 502 g/mol.